The van der Waals surface area contributed by atoms with Crippen molar-refractivity contribution in [2.24, 2.45) is 0 Å². The number of benzene rings is 2. The Morgan fingerprint density at radius 3 is 2.81 bits per heavy atom. The average Bonchev–Trinajstić information content (AvgIpc) is 2.66. The highest BCUT2D eigenvalue weighted by molar-refractivity contribution is 6.31. The maximum absolute atomic E-state index is 12.6. The summed E-state index contributed by atoms with van der Waals surface area (Å²) in [7, 11) is 0. The molecule has 6 heteroatoms. The SMILES string of the molecule is CCOc1ccc(NC(=O)C(C)Oc2ccc(Cl)c(C)c2)c2cccnc12. The molecular weight excluding hydrogens is 364 g/mol. The number of amides is 1. The number of fused-ring (bicyclic) bond motifs is 1. The molecule has 3 aromatic rings. The van der Waals surface area contributed by atoms with Gasteiger partial charge in [0.05, 0.1) is 12.3 Å². The number of anilines is 1. The molecule has 0 radical (unpaired) electrons. The van der Waals surface area contributed by atoms with Crippen LogP contribution in [0.15, 0.2) is 48.7 Å². The Kier molecular flexibility index (Phi) is 5.81. The first-order valence-corrected chi connectivity index (χ1v) is 9.11. The fourth-order valence-electron chi connectivity index (χ4n) is 2.71. The van der Waals surface area contributed by atoms with Crippen LogP contribution < -0.4 is 14.8 Å². The van der Waals surface area contributed by atoms with Gasteiger partial charge >= 0.3 is 0 Å². The highest BCUT2D eigenvalue weighted by atomic mass is 35.5. The minimum absolute atomic E-state index is 0.253. The van der Waals surface area contributed by atoms with Crippen molar-refractivity contribution in [1.82, 2.24) is 4.98 Å². The van der Waals surface area contributed by atoms with Crippen molar-refractivity contribution >= 4 is 34.1 Å². The molecule has 0 aliphatic heterocycles. The molecule has 27 heavy (non-hydrogen) atoms. The van der Waals surface area contributed by atoms with Gasteiger partial charge in [-0.15, -0.1) is 0 Å². The van der Waals surface area contributed by atoms with Crippen molar-refractivity contribution in [3.63, 3.8) is 0 Å². The Balaban J connectivity index is 1.79. The minimum Gasteiger partial charge on any atom is -0.492 e. The van der Waals surface area contributed by atoms with E-state index in [-0.39, 0.29) is 5.91 Å². The number of carbonyl (C=O) groups is 1. The zero-order valence-electron chi connectivity index (χ0n) is 15.5. The molecule has 0 aliphatic rings. The quantitative estimate of drug-likeness (QED) is 0.649. The number of nitrogens with one attached hydrogen (secondary N) is 1. The standard InChI is InChI=1S/C21H21ClN2O3/c1-4-26-19-10-9-18(16-6-5-11-23-20(16)19)24-21(25)14(3)27-15-7-8-17(22)13(2)12-15/h5-12,14H,4H2,1-3H3,(H,24,25). The Hall–Kier alpha value is -2.79. The van der Waals surface area contributed by atoms with Crippen LogP contribution in [0.1, 0.15) is 19.4 Å². The number of halogens is 1. The number of pyridine rings is 1. The minimum atomic E-state index is -0.677. The number of rotatable bonds is 6. The molecule has 1 amide bonds. The van der Waals surface area contributed by atoms with E-state index in [4.69, 9.17) is 21.1 Å². The first-order chi connectivity index (χ1) is 13.0. The van der Waals surface area contributed by atoms with Crippen LogP contribution in [0.5, 0.6) is 11.5 Å². The van der Waals surface area contributed by atoms with Gasteiger partial charge in [0.2, 0.25) is 0 Å². The maximum atomic E-state index is 12.6. The van der Waals surface area contributed by atoms with Crippen LogP contribution in [0.25, 0.3) is 10.9 Å². The highest BCUT2D eigenvalue weighted by Crippen LogP contribution is 2.30. The lowest BCUT2D eigenvalue weighted by Gasteiger charge is -2.17. The number of aromatic nitrogens is 1. The summed E-state index contributed by atoms with van der Waals surface area (Å²) in [4.78, 5) is 17.0. The number of ether oxygens (including phenoxy) is 2. The molecular formula is C21H21ClN2O3. The second kappa shape index (κ2) is 8.27. The van der Waals surface area contributed by atoms with E-state index >= 15 is 0 Å². The van der Waals surface area contributed by atoms with Gasteiger partial charge in [-0.1, -0.05) is 11.6 Å². The van der Waals surface area contributed by atoms with E-state index in [2.05, 4.69) is 10.3 Å². The molecule has 1 N–H and O–H groups in total. The van der Waals surface area contributed by atoms with E-state index in [1.807, 2.05) is 44.2 Å². The average molecular weight is 385 g/mol. The molecule has 140 valence electrons. The lowest BCUT2D eigenvalue weighted by molar-refractivity contribution is -0.122. The van der Waals surface area contributed by atoms with Crippen molar-refractivity contribution in [2.75, 3.05) is 11.9 Å². The molecule has 0 saturated carbocycles. The van der Waals surface area contributed by atoms with Crippen LogP contribution in [-0.4, -0.2) is 23.6 Å². The van der Waals surface area contributed by atoms with Gasteiger partial charge in [0.15, 0.2) is 6.10 Å². The van der Waals surface area contributed by atoms with Crippen LogP contribution in [0.2, 0.25) is 5.02 Å². The van der Waals surface area contributed by atoms with Gasteiger partial charge in [-0.2, -0.15) is 0 Å². The predicted octanol–water partition coefficient (Wildman–Crippen LogP) is 5.00. The fraction of sp³-hybridized carbons (Fsp3) is 0.238. The van der Waals surface area contributed by atoms with E-state index < -0.39 is 6.10 Å². The van der Waals surface area contributed by atoms with E-state index in [1.54, 1.807) is 25.3 Å². The Labute approximate surface area is 163 Å². The monoisotopic (exact) mass is 384 g/mol. The van der Waals surface area contributed by atoms with E-state index in [9.17, 15) is 4.79 Å². The molecule has 1 aromatic heterocycles. The molecule has 0 saturated heterocycles. The van der Waals surface area contributed by atoms with Crippen LogP contribution in [0.4, 0.5) is 5.69 Å². The molecule has 3 rings (SSSR count). The maximum Gasteiger partial charge on any atom is 0.265 e. The molecule has 2 aromatic carbocycles. The molecule has 5 nitrogen and oxygen atoms in total. The third-order valence-electron chi connectivity index (χ3n) is 4.10. The number of hydrogen-bond donors (Lipinski definition) is 1. The molecule has 1 heterocycles. The van der Waals surface area contributed by atoms with Gasteiger partial charge in [-0.25, -0.2) is 0 Å². The van der Waals surface area contributed by atoms with Gasteiger partial charge in [0, 0.05) is 16.6 Å². The number of carbonyl (C=O) groups excluding carboxylic acids is 1. The van der Waals surface area contributed by atoms with E-state index in [0.717, 1.165) is 10.9 Å². The predicted molar refractivity (Wildman–Crippen MR) is 108 cm³/mol. The van der Waals surface area contributed by atoms with Gasteiger partial charge in [-0.3, -0.25) is 9.78 Å². The smallest absolute Gasteiger partial charge is 0.265 e. The van der Waals surface area contributed by atoms with Gasteiger partial charge in [0.1, 0.15) is 17.0 Å². The molecule has 1 unspecified atom stereocenters. The lowest BCUT2D eigenvalue weighted by Crippen LogP contribution is -2.30. The van der Waals surface area contributed by atoms with Crippen LogP contribution >= 0.6 is 11.6 Å². The van der Waals surface area contributed by atoms with Crippen molar-refractivity contribution < 1.29 is 14.3 Å². The van der Waals surface area contributed by atoms with Crippen molar-refractivity contribution in [2.45, 2.75) is 26.9 Å². The van der Waals surface area contributed by atoms with Crippen molar-refractivity contribution in [3.05, 3.63) is 59.2 Å². The Morgan fingerprint density at radius 2 is 2.07 bits per heavy atom. The fourth-order valence-corrected chi connectivity index (χ4v) is 2.83. The van der Waals surface area contributed by atoms with E-state index in [1.165, 1.54) is 0 Å². The summed E-state index contributed by atoms with van der Waals surface area (Å²) < 4.78 is 11.4. The summed E-state index contributed by atoms with van der Waals surface area (Å²) in [6.45, 7) is 6.05. The zero-order valence-corrected chi connectivity index (χ0v) is 16.2. The van der Waals surface area contributed by atoms with Gasteiger partial charge in [0.25, 0.3) is 5.91 Å². The zero-order chi connectivity index (χ0) is 19.4. The number of hydrogen-bond acceptors (Lipinski definition) is 4. The summed E-state index contributed by atoms with van der Waals surface area (Å²) in [5, 5.41) is 4.39. The Morgan fingerprint density at radius 1 is 1.26 bits per heavy atom. The van der Waals surface area contributed by atoms with Crippen molar-refractivity contribution in [1.29, 1.82) is 0 Å². The van der Waals surface area contributed by atoms with Crippen LogP contribution in [0, 0.1) is 6.92 Å². The normalized spacial score (nSPS) is 11.9. The molecule has 0 bridgehead atoms. The largest absolute Gasteiger partial charge is 0.492 e. The van der Waals surface area contributed by atoms with Gasteiger partial charge < -0.3 is 14.8 Å². The summed E-state index contributed by atoms with van der Waals surface area (Å²) in [5.74, 6) is 1.03. The van der Waals surface area contributed by atoms with Crippen LogP contribution in [-0.2, 0) is 4.79 Å². The summed E-state index contributed by atoms with van der Waals surface area (Å²) in [5.41, 5.74) is 2.26. The van der Waals surface area contributed by atoms with Crippen molar-refractivity contribution in [3.8, 4) is 11.5 Å². The molecule has 0 fully saturated rings. The number of aryl methyl sites for hydroxylation is 1. The lowest BCUT2D eigenvalue weighted by atomic mass is 10.1. The third-order valence-corrected chi connectivity index (χ3v) is 4.53. The van der Waals surface area contributed by atoms with E-state index in [0.29, 0.717) is 34.3 Å². The summed E-state index contributed by atoms with van der Waals surface area (Å²) >= 11 is 6.03. The second-order valence-electron chi connectivity index (χ2n) is 6.10. The topological polar surface area (TPSA) is 60.5 Å². The first kappa shape index (κ1) is 19.0. The Bertz CT molecular complexity index is 975. The number of nitrogens with zero attached hydrogens (tertiary/aromatic N) is 1. The second-order valence-corrected chi connectivity index (χ2v) is 6.51. The van der Waals surface area contributed by atoms with Gasteiger partial charge in [-0.05, 0) is 68.8 Å². The molecule has 1 atom stereocenters. The third kappa shape index (κ3) is 4.31. The van der Waals surface area contributed by atoms with Crippen LogP contribution in [0.3, 0.4) is 0 Å². The molecule has 0 spiro atoms. The summed E-state index contributed by atoms with van der Waals surface area (Å²) in [6, 6.07) is 12.6. The first-order valence-electron chi connectivity index (χ1n) is 8.73. The highest BCUT2D eigenvalue weighted by Gasteiger charge is 2.17. The summed E-state index contributed by atoms with van der Waals surface area (Å²) in [6.07, 6.45) is 1.02. The molecule has 0 aliphatic carbocycles.